The molecule has 0 fully saturated rings. The first-order valence-electron chi connectivity index (χ1n) is 2.80. The van der Waals surface area contributed by atoms with Crippen LogP contribution < -0.4 is 0 Å². The molecular formula is C7H8O4. The first-order valence-corrected chi connectivity index (χ1v) is 2.80. The van der Waals surface area contributed by atoms with Crippen LogP contribution in [-0.4, -0.2) is 17.0 Å². The van der Waals surface area contributed by atoms with Crippen LogP contribution in [0.2, 0.25) is 0 Å². The molecule has 0 saturated carbocycles. The predicted molar refractivity (Wildman–Crippen MR) is 37.7 cm³/mol. The van der Waals surface area contributed by atoms with Crippen molar-refractivity contribution in [3.8, 4) is 0 Å². The number of carboxylic acid groups (broad SMARTS) is 1. The molecule has 0 aliphatic rings. The van der Waals surface area contributed by atoms with Gasteiger partial charge in [0.2, 0.25) is 0 Å². The van der Waals surface area contributed by atoms with E-state index in [1.807, 2.05) is 0 Å². The van der Waals surface area contributed by atoms with Gasteiger partial charge < -0.3 is 9.84 Å². The molecule has 0 radical (unpaired) electrons. The Bertz CT molecular complexity index is 214. The Balaban J connectivity index is 3.80. The fourth-order valence-corrected chi connectivity index (χ4v) is 0.255. The van der Waals surface area contributed by atoms with Gasteiger partial charge in [-0.1, -0.05) is 6.58 Å². The van der Waals surface area contributed by atoms with Crippen LogP contribution >= 0.6 is 0 Å². The minimum Gasteiger partial charge on any atom is -0.478 e. The normalized spacial score (nSPS) is 9.55. The molecule has 0 amide bonds. The van der Waals surface area contributed by atoms with Crippen LogP contribution in [0.25, 0.3) is 0 Å². The van der Waals surface area contributed by atoms with Gasteiger partial charge in [0.1, 0.15) is 6.26 Å². The largest absolute Gasteiger partial charge is 0.478 e. The number of carbonyl (C=O) groups excluding carboxylic acids is 1. The summed E-state index contributed by atoms with van der Waals surface area (Å²) in [5.41, 5.74) is 0.222. The number of ether oxygens (including phenoxy) is 1. The Kier molecular flexibility index (Phi) is 3.66. The van der Waals surface area contributed by atoms with Crippen LogP contribution in [0.4, 0.5) is 0 Å². The summed E-state index contributed by atoms with van der Waals surface area (Å²) in [6.07, 6.45) is 1.53. The van der Waals surface area contributed by atoms with Crippen molar-refractivity contribution >= 4 is 11.9 Å². The van der Waals surface area contributed by atoms with Gasteiger partial charge in [-0.2, -0.15) is 0 Å². The van der Waals surface area contributed by atoms with Crippen LogP contribution in [0.3, 0.4) is 0 Å². The molecule has 60 valence electrons. The van der Waals surface area contributed by atoms with Gasteiger partial charge in [0.05, 0.1) is 6.08 Å². The van der Waals surface area contributed by atoms with Gasteiger partial charge in [0, 0.05) is 5.57 Å². The maximum Gasteiger partial charge on any atom is 0.337 e. The second kappa shape index (κ2) is 4.27. The molecule has 4 nitrogen and oxygen atoms in total. The summed E-state index contributed by atoms with van der Waals surface area (Å²) >= 11 is 0. The highest BCUT2D eigenvalue weighted by Gasteiger charge is 1.99. The van der Waals surface area contributed by atoms with Gasteiger partial charge in [-0.3, -0.25) is 0 Å². The van der Waals surface area contributed by atoms with Gasteiger partial charge in [-0.15, -0.1) is 0 Å². The van der Waals surface area contributed by atoms with Crippen molar-refractivity contribution in [3.63, 3.8) is 0 Å². The molecule has 0 atom stereocenters. The van der Waals surface area contributed by atoms with Crippen LogP contribution in [-0.2, 0) is 14.3 Å². The second-order valence-corrected chi connectivity index (χ2v) is 1.83. The van der Waals surface area contributed by atoms with E-state index in [0.29, 0.717) is 0 Å². The van der Waals surface area contributed by atoms with Crippen LogP contribution in [0.15, 0.2) is 24.5 Å². The second-order valence-electron chi connectivity index (χ2n) is 1.83. The maximum atomic E-state index is 10.6. The van der Waals surface area contributed by atoms with E-state index in [1.165, 1.54) is 6.92 Å². The first kappa shape index (κ1) is 9.42. The van der Waals surface area contributed by atoms with E-state index in [2.05, 4.69) is 11.3 Å². The van der Waals surface area contributed by atoms with Crippen molar-refractivity contribution in [1.29, 1.82) is 0 Å². The summed E-state index contributed by atoms with van der Waals surface area (Å²) in [5.74, 6) is -1.80. The summed E-state index contributed by atoms with van der Waals surface area (Å²) < 4.78 is 4.31. The molecule has 0 rings (SSSR count). The molecular weight excluding hydrogens is 148 g/mol. The van der Waals surface area contributed by atoms with Gasteiger partial charge in [-0.25, -0.2) is 9.59 Å². The number of carboxylic acids is 1. The van der Waals surface area contributed by atoms with Crippen LogP contribution in [0, 0.1) is 0 Å². The zero-order valence-corrected chi connectivity index (χ0v) is 6.03. The van der Waals surface area contributed by atoms with E-state index in [9.17, 15) is 9.59 Å². The van der Waals surface area contributed by atoms with Crippen molar-refractivity contribution in [3.05, 3.63) is 24.5 Å². The number of esters is 1. The maximum absolute atomic E-state index is 10.6. The molecule has 11 heavy (non-hydrogen) atoms. The molecule has 0 heterocycles. The van der Waals surface area contributed by atoms with Gasteiger partial charge in [0.15, 0.2) is 0 Å². The number of rotatable bonds is 3. The highest BCUT2D eigenvalue weighted by Crippen LogP contribution is 1.91. The van der Waals surface area contributed by atoms with E-state index in [1.54, 1.807) is 0 Å². The average Bonchev–Trinajstić information content (AvgIpc) is 1.86. The number of hydrogen-bond acceptors (Lipinski definition) is 3. The molecule has 0 aromatic heterocycles. The van der Waals surface area contributed by atoms with Gasteiger partial charge in [-0.05, 0) is 6.92 Å². The standard InChI is InChI=1S/C7H8O4/c1-5(2)7(10)11-4-3-6(8)9/h3-4H,1H2,2H3,(H,8,9)/b4-3+. The highest BCUT2D eigenvalue weighted by atomic mass is 16.5. The number of hydrogen-bond donors (Lipinski definition) is 1. The molecule has 0 aromatic rings. The van der Waals surface area contributed by atoms with Crippen LogP contribution in [0.5, 0.6) is 0 Å². The quantitative estimate of drug-likeness (QED) is 0.371. The molecule has 0 aliphatic carbocycles. The fraction of sp³-hybridized carbons (Fsp3) is 0.143. The lowest BCUT2D eigenvalue weighted by Gasteiger charge is -1.94. The van der Waals surface area contributed by atoms with Crippen molar-refractivity contribution in [2.75, 3.05) is 0 Å². The topological polar surface area (TPSA) is 63.6 Å². The average molecular weight is 156 g/mol. The number of carbonyl (C=O) groups is 2. The molecule has 0 bridgehead atoms. The lowest BCUT2D eigenvalue weighted by atomic mass is 10.4. The van der Waals surface area contributed by atoms with E-state index in [-0.39, 0.29) is 5.57 Å². The lowest BCUT2D eigenvalue weighted by molar-refractivity contribution is -0.133. The predicted octanol–water partition coefficient (Wildman–Crippen LogP) is 0.704. The summed E-state index contributed by atoms with van der Waals surface area (Å²) in [7, 11) is 0. The van der Waals surface area contributed by atoms with Crippen molar-refractivity contribution in [2.45, 2.75) is 6.92 Å². The van der Waals surface area contributed by atoms with E-state index >= 15 is 0 Å². The first-order chi connectivity index (χ1) is 5.04. The molecule has 0 spiro atoms. The Morgan fingerprint density at radius 2 is 2.09 bits per heavy atom. The third-order valence-corrected chi connectivity index (χ3v) is 0.734. The van der Waals surface area contributed by atoms with Gasteiger partial charge >= 0.3 is 11.9 Å². The molecule has 0 unspecified atom stereocenters. The Labute approximate surface area is 63.8 Å². The fourth-order valence-electron chi connectivity index (χ4n) is 0.255. The molecule has 0 saturated heterocycles. The van der Waals surface area contributed by atoms with Crippen LogP contribution in [0.1, 0.15) is 6.92 Å². The van der Waals surface area contributed by atoms with Crippen molar-refractivity contribution in [1.82, 2.24) is 0 Å². The lowest BCUT2D eigenvalue weighted by Crippen LogP contribution is -1.99. The summed E-state index contributed by atoms with van der Waals surface area (Å²) in [5, 5.41) is 8.06. The highest BCUT2D eigenvalue weighted by molar-refractivity contribution is 5.88. The molecule has 1 N–H and O–H groups in total. The van der Waals surface area contributed by atoms with Crippen molar-refractivity contribution < 1.29 is 19.4 Å². The summed E-state index contributed by atoms with van der Waals surface area (Å²) in [6, 6.07) is 0. The third-order valence-electron chi connectivity index (χ3n) is 0.734. The minimum absolute atomic E-state index is 0.222. The molecule has 0 aliphatic heterocycles. The zero-order valence-electron chi connectivity index (χ0n) is 6.03. The van der Waals surface area contributed by atoms with Crippen molar-refractivity contribution in [2.24, 2.45) is 0 Å². The summed E-state index contributed by atoms with van der Waals surface area (Å²) in [6.45, 7) is 4.77. The van der Waals surface area contributed by atoms with E-state index < -0.39 is 11.9 Å². The number of aliphatic carboxylic acids is 1. The van der Waals surface area contributed by atoms with E-state index in [4.69, 9.17) is 5.11 Å². The Morgan fingerprint density at radius 1 is 1.55 bits per heavy atom. The smallest absolute Gasteiger partial charge is 0.337 e. The minimum atomic E-state index is -1.17. The Hall–Kier alpha value is -1.58. The Morgan fingerprint density at radius 3 is 2.45 bits per heavy atom. The summed E-state index contributed by atoms with van der Waals surface area (Å²) in [4.78, 5) is 20.4. The zero-order chi connectivity index (χ0) is 8.85. The third kappa shape index (κ3) is 4.90. The van der Waals surface area contributed by atoms with E-state index in [0.717, 1.165) is 12.3 Å². The molecule has 0 aromatic carbocycles. The SMILES string of the molecule is C=C(C)C(=O)O/C=C/C(=O)O. The monoisotopic (exact) mass is 156 g/mol. The van der Waals surface area contributed by atoms with Gasteiger partial charge in [0.25, 0.3) is 0 Å². The molecule has 4 heteroatoms.